The molecule has 1 aliphatic rings. The first-order valence-electron chi connectivity index (χ1n) is 12.5. The average Bonchev–Trinajstić information content (AvgIpc) is 2.82. The van der Waals surface area contributed by atoms with Crippen molar-refractivity contribution in [3.8, 4) is 0 Å². The summed E-state index contributed by atoms with van der Waals surface area (Å²) in [5, 5.41) is 1.37. The van der Waals surface area contributed by atoms with Crippen molar-refractivity contribution >= 4 is 30.9 Å². The first-order chi connectivity index (χ1) is 16.6. The molecule has 0 bridgehead atoms. The highest BCUT2D eigenvalue weighted by Gasteiger charge is 2.29. The Kier molecular flexibility index (Phi) is 7.00. The Morgan fingerprint density at radius 2 is 1.60 bits per heavy atom. The van der Waals surface area contributed by atoms with Crippen molar-refractivity contribution in [2.24, 2.45) is 0 Å². The number of ether oxygens (including phenoxy) is 1. The highest BCUT2D eigenvalue weighted by atomic mass is 28.3. The van der Waals surface area contributed by atoms with Crippen LogP contribution in [0.4, 0.5) is 0 Å². The van der Waals surface area contributed by atoms with Crippen LogP contribution >= 0.6 is 0 Å². The van der Waals surface area contributed by atoms with Crippen molar-refractivity contribution in [1.82, 2.24) is 0 Å². The van der Waals surface area contributed by atoms with E-state index in [9.17, 15) is 4.79 Å². The Labute approximate surface area is 211 Å². The van der Waals surface area contributed by atoms with Gasteiger partial charge in [-0.15, -0.1) is 0 Å². The van der Waals surface area contributed by atoms with E-state index in [1.807, 2.05) is 19.1 Å². The van der Waals surface area contributed by atoms with E-state index in [-0.39, 0.29) is 11.4 Å². The molecule has 3 aromatic rings. The minimum absolute atomic E-state index is 0.112. The SMILES string of the molecule is CCOC(=O)c1ccc(/C(=C/c2ccc3c(c2)C(c2ccccc2)=CCC3(C)C)[Si](C)(C)C)cc1. The Balaban J connectivity index is 1.78. The van der Waals surface area contributed by atoms with E-state index >= 15 is 0 Å². The molecular formula is C32H36O2Si. The molecule has 0 amide bonds. The summed E-state index contributed by atoms with van der Waals surface area (Å²) in [5.74, 6) is -0.268. The van der Waals surface area contributed by atoms with Gasteiger partial charge in [-0.05, 0) is 70.3 Å². The summed E-state index contributed by atoms with van der Waals surface area (Å²) >= 11 is 0. The highest BCUT2D eigenvalue weighted by Crippen LogP contribution is 2.42. The molecule has 0 unspecified atom stereocenters. The molecule has 0 fully saturated rings. The number of rotatable bonds is 6. The molecule has 0 spiro atoms. The number of fused-ring (bicyclic) bond motifs is 1. The van der Waals surface area contributed by atoms with E-state index in [1.165, 1.54) is 38.6 Å². The van der Waals surface area contributed by atoms with E-state index < -0.39 is 8.07 Å². The number of carbonyl (C=O) groups excluding carboxylic acids is 1. The van der Waals surface area contributed by atoms with Gasteiger partial charge in [0.1, 0.15) is 0 Å². The van der Waals surface area contributed by atoms with Gasteiger partial charge in [0, 0.05) is 0 Å². The fourth-order valence-corrected chi connectivity index (χ4v) is 6.47. The molecular weight excluding hydrogens is 444 g/mol. The van der Waals surface area contributed by atoms with Crippen molar-refractivity contribution < 1.29 is 9.53 Å². The van der Waals surface area contributed by atoms with Gasteiger partial charge in [-0.25, -0.2) is 4.79 Å². The van der Waals surface area contributed by atoms with Crippen LogP contribution in [0.3, 0.4) is 0 Å². The van der Waals surface area contributed by atoms with Crippen LogP contribution in [0.5, 0.6) is 0 Å². The topological polar surface area (TPSA) is 26.3 Å². The van der Waals surface area contributed by atoms with Gasteiger partial charge in [-0.3, -0.25) is 0 Å². The normalized spacial score (nSPS) is 15.3. The first-order valence-corrected chi connectivity index (χ1v) is 16.0. The Bertz CT molecular complexity index is 1270. The second-order valence-corrected chi connectivity index (χ2v) is 16.0. The predicted molar refractivity (Wildman–Crippen MR) is 151 cm³/mol. The highest BCUT2D eigenvalue weighted by molar-refractivity contribution is 6.94. The molecule has 180 valence electrons. The second kappa shape index (κ2) is 9.83. The molecule has 0 saturated heterocycles. The summed E-state index contributed by atoms with van der Waals surface area (Å²) in [6, 6.07) is 25.5. The lowest BCUT2D eigenvalue weighted by Gasteiger charge is -2.32. The summed E-state index contributed by atoms with van der Waals surface area (Å²) in [5.41, 5.74) is 8.43. The molecule has 0 saturated carbocycles. The van der Waals surface area contributed by atoms with Crippen LogP contribution in [-0.4, -0.2) is 20.7 Å². The van der Waals surface area contributed by atoms with Crippen LogP contribution in [0.15, 0.2) is 78.9 Å². The standard InChI is InChI=1S/C32H36O2Si/c1-7-34-31(33)26-16-14-25(15-17-26)30(35(4,5)6)22-23-13-18-29-28(21-23)27(19-20-32(29,2)3)24-11-9-8-10-12-24/h8-19,21-22H,7,20H2,1-6H3/b30-22-. The molecule has 0 aromatic heterocycles. The predicted octanol–water partition coefficient (Wildman–Crippen LogP) is 8.39. The van der Waals surface area contributed by atoms with Gasteiger partial charge in [-0.1, -0.05) is 105 Å². The number of hydrogen-bond donors (Lipinski definition) is 0. The lowest BCUT2D eigenvalue weighted by Crippen LogP contribution is -2.23. The number of allylic oxidation sites excluding steroid dienone is 1. The second-order valence-electron chi connectivity index (χ2n) is 11.0. The fraction of sp³-hybridized carbons (Fsp3) is 0.281. The summed E-state index contributed by atoms with van der Waals surface area (Å²) in [6.07, 6.45) is 5.79. The molecule has 2 nitrogen and oxygen atoms in total. The summed E-state index contributed by atoms with van der Waals surface area (Å²) in [4.78, 5) is 12.1. The van der Waals surface area contributed by atoms with Gasteiger partial charge in [0.2, 0.25) is 0 Å². The van der Waals surface area contributed by atoms with Gasteiger partial charge in [0.15, 0.2) is 0 Å². The van der Waals surface area contributed by atoms with Crippen molar-refractivity contribution in [2.45, 2.75) is 52.2 Å². The van der Waals surface area contributed by atoms with Gasteiger partial charge in [0.25, 0.3) is 0 Å². The van der Waals surface area contributed by atoms with E-state index in [1.54, 1.807) is 0 Å². The van der Waals surface area contributed by atoms with E-state index in [0.717, 1.165) is 6.42 Å². The van der Waals surface area contributed by atoms with Crippen molar-refractivity contribution in [3.05, 3.63) is 112 Å². The molecule has 4 rings (SSSR count). The average molecular weight is 481 g/mol. The zero-order chi connectivity index (χ0) is 25.2. The van der Waals surface area contributed by atoms with Crippen LogP contribution in [0.1, 0.15) is 65.4 Å². The van der Waals surface area contributed by atoms with Crippen molar-refractivity contribution in [2.75, 3.05) is 6.61 Å². The maximum atomic E-state index is 12.1. The molecule has 1 aliphatic carbocycles. The molecule has 0 radical (unpaired) electrons. The molecule has 0 heterocycles. The van der Waals surface area contributed by atoms with Crippen LogP contribution in [0.25, 0.3) is 16.8 Å². The Hall–Kier alpha value is -3.17. The lowest BCUT2D eigenvalue weighted by atomic mass is 9.72. The minimum Gasteiger partial charge on any atom is -0.462 e. The van der Waals surface area contributed by atoms with Crippen LogP contribution in [0, 0.1) is 0 Å². The zero-order valence-electron chi connectivity index (χ0n) is 21.8. The van der Waals surface area contributed by atoms with E-state index in [0.29, 0.717) is 12.2 Å². The molecule has 0 atom stereocenters. The molecule has 0 aliphatic heterocycles. The maximum Gasteiger partial charge on any atom is 0.338 e. The van der Waals surface area contributed by atoms with Crippen LogP contribution in [-0.2, 0) is 10.2 Å². The van der Waals surface area contributed by atoms with Crippen molar-refractivity contribution in [3.63, 3.8) is 0 Å². The Morgan fingerprint density at radius 1 is 0.943 bits per heavy atom. The van der Waals surface area contributed by atoms with Gasteiger partial charge < -0.3 is 4.74 Å². The third-order valence-electron chi connectivity index (χ3n) is 6.79. The number of esters is 1. The molecule has 3 aromatic carbocycles. The van der Waals surface area contributed by atoms with Crippen LogP contribution in [0.2, 0.25) is 19.6 Å². The lowest BCUT2D eigenvalue weighted by molar-refractivity contribution is 0.0526. The number of hydrogen-bond acceptors (Lipinski definition) is 2. The van der Waals surface area contributed by atoms with Crippen molar-refractivity contribution in [1.29, 1.82) is 0 Å². The number of carbonyl (C=O) groups is 1. The quantitative estimate of drug-likeness (QED) is 0.201. The fourth-order valence-electron chi connectivity index (χ4n) is 4.83. The van der Waals surface area contributed by atoms with Gasteiger partial charge in [-0.2, -0.15) is 0 Å². The largest absolute Gasteiger partial charge is 0.462 e. The Morgan fingerprint density at radius 3 is 2.23 bits per heavy atom. The summed E-state index contributed by atoms with van der Waals surface area (Å²) < 4.78 is 5.16. The molecule has 35 heavy (non-hydrogen) atoms. The third-order valence-corrected chi connectivity index (χ3v) is 8.84. The maximum absolute atomic E-state index is 12.1. The zero-order valence-corrected chi connectivity index (χ0v) is 22.8. The summed E-state index contributed by atoms with van der Waals surface area (Å²) in [6.45, 7) is 14.0. The number of benzene rings is 3. The third kappa shape index (κ3) is 5.41. The first kappa shape index (κ1) is 24.9. The van der Waals surface area contributed by atoms with Crippen LogP contribution < -0.4 is 0 Å². The van der Waals surface area contributed by atoms with Gasteiger partial charge in [0.05, 0.1) is 20.2 Å². The van der Waals surface area contributed by atoms with E-state index in [2.05, 4.69) is 106 Å². The smallest absolute Gasteiger partial charge is 0.338 e. The van der Waals surface area contributed by atoms with Gasteiger partial charge >= 0.3 is 5.97 Å². The van der Waals surface area contributed by atoms with E-state index in [4.69, 9.17) is 4.74 Å². The summed E-state index contributed by atoms with van der Waals surface area (Å²) in [7, 11) is -1.68. The minimum atomic E-state index is -1.68. The monoisotopic (exact) mass is 480 g/mol. The molecule has 3 heteroatoms. The molecule has 0 N–H and O–H groups in total.